The van der Waals surface area contributed by atoms with E-state index in [9.17, 15) is 29.1 Å². The zero-order valence-electron chi connectivity index (χ0n) is 33.4. The number of carbonyl (C=O) groups excluding carboxylic acids is 6. The number of rotatable bonds is 10. The van der Waals surface area contributed by atoms with E-state index in [1.54, 1.807) is 13.0 Å². The third-order valence-corrected chi connectivity index (χ3v) is 12.5. The number of ketones is 1. The number of fused-ring (bicyclic) bond motifs is 5. The second kappa shape index (κ2) is 19.3. The quantitative estimate of drug-likeness (QED) is 0.101. The van der Waals surface area contributed by atoms with Crippen molar-refractivity contribution in [1.82, 2.24) is 0 Å². The van der Waals surface area contributed by atoms with Gasteiger partial charge in [-0.1, -0.05) is 142 Å². The number of ether oxygens (including phenoxy) is 9. The van der Waals surface area contributed by atoms with Gasteiger partial charge in [0.05, 0.1) is 18.1 Å². The van der Waals surface area contributed by atoms with Crippen LogP contribution in [0.25, 0.3) is 0 Å². The van der Waals surface area contributed by atoms with E-state index in [4.69, 9.17) is 147 Å². The first-order valence-electron chi connectivity index (χ1n) is 18.7. The van der Waals surface area contributed by atoms with Crippen LogP contribution in [0.1, 0.15) is 57.3 Å². The first-order chi connectivity index (χ1) is 29.0. The molecule has 350 valence electrons. The third kappa shape index (κ3) is 11.2. The Morgan fingerprint density at radius 3 is 1.84 bits per heavy atom. The van der Waals surface area contributed by atoms with Crippen LogP contribution in [0.4, 0.5) is 14.4 Å². The van der Waals surface area contributed by atoms with Gasteiger partial charge in [-0.25, -0.2) is 19.2 Å². The van der Waals surface area contributed by atoms with E-state index < -0.39 is 139 Å². The highest BCUT2D eigenvalue weighted by atomic mass is 35.6. The number of aliphatic hydroxyl groups is 1. The summed E-state index contributed by atoms with van der Waals surface area (Å²) >= 11 is 52.5. The lowest BCUT2D eigenvalue weighted by Crippen LogP contribution is -2.83. The lowest BCUT2D eigenvalue weighted by molar-refractivity contribution is -0.350. The van der Waals surface area contributed by atoms with Crippen LogP contribution in [0.2, 0.25) is 0 Å². The predicted molar refractivity (Wildman–Crippen MR) is 227 cm³/mol. The van der Waals surface area contributed by atoms with Crippen molar-refractivity contribution in [2.24, 2.45) is 16.7 Å². The van der Waals surface area contributed by atoms with Gasteiger partial charge in [-0.15, -0.1) is 0 Å². The lowest BCUT2D eigenvalue weighted by atomic mass is 9.44. The van der Waals surface area contributed by atoms with Gasteiger partial charge < -0.3 is 47.7 Å². The second-order valence-electron chi connectivity index (χ2n) is 15.8. The molecule has 1 heterocycles. The zero-order valence-corrected chi connectivity index (χ0v) is 40.2. The minimum atomic E-state index is -2.76. The fraction of sp³-hybridized carbons (Fsp3) is 0.632. The zero-order chi connectivity index (χ0) is 47.1. The van der Waals surface area contributed by atoms with Gasteiger partial charge in [0.2, 0.25) is 11.4 Å². The Hall–Kier alpha value is -2.09. The molecule has 25 heteroatoms. The third-order valence-electron chi connectivity index (χ3n) is 11.5. The summed E-state index contributed by atoms with van der Waals surface area (Å²) in [6, 6.07) is 7.53. The summed E-state index contributed by atoms with van der Waals surface area (Å²) in [6.07, 6.45) is -12.9. The molecular formula is C38H39Cl9O16. The van der Waals surface area contributed by atoms with Crippen LogP contribution in [0.3, 0.4) is 0 Å². The van der Waals surface area contributed by atoms with Gasteiger partial charge in [-0.3, -0.25) is 9.59 Å². The lowest BCUT2D eigenvalue weighted by Gasteiger charge is -2.67. The van der Waals surface area contributed by atoms with Gasteiger partial charge in [0.15, 0.2) is 17.5 Å². The van der Waals surface area contributed by atoms with Crippen molar-refractivity contribution in [3.05, 3.63) is 47.0 Å². The largest absolute Gasteiger partial charge is 0.509 e. The summed E-state index contributed by atoms with van der Waals surface area (Å²) in [5.41, 5.74) is -8.58. The maximum absolute atomic E-state index is 16.2. The van der Waals surface area contributed by atoms with Crippen LogP contribution >= 0.6 is 104 Å². The molecule has 0 unspecified atom stereocenters. The van der Waals surface area contributed by atoms with Crippen LogP contribution < -0.4 is 0 Å². The van der Waals surface area contributed by atoms with Crippen molar-refractivity contribution < 1.29 is 76.5 Å². The fourth-order valence-corrected chi connectivity index (χ4v) is 9.38. The van der Waals surface area contributed by atoms with Crippen LogP contribution in [0.5, 0.6) is 0 Å². The van der Waals surface area contributed by atoms with Crippen molar-refractivity contribution in [3.63, 3.8) is 0 Å². The number of hydrogen-bond donors (Lipinski definition) is 1. The summed E-state index contributed by atoms with van der Waals surface area (Å²) in [6.45, 7) is 1.21. The minimum absolute atomic E-state index is 0.00561. The summed E-state index contributed by atoms with van der Waals surface area (Å²) in [4.78, 5) is 84.5. The van der Waals surface area contributed by atoms with E-state index >= 15 is 4.79 Å². The summed E-state index contributed by atoms with van der Waals surface area (Å²) in [7, 11) is 0. The molecule has 0 aromatic heterocycles. The van der Waals surface area contributed by atoms with E-state index in [-0.39, 0.29) is 24.0 Å². The SMILES string of the molecule is CC(=O)O[C@@]12CO[C@@H]1C[C@H](OC(=O)OCC(Cl)(Cl)Cl)[C@@]1(COC(=O)OCC(Cl)(Cl)Cl)C(=O)[C@H](OC(=O)OCC(Cl)(Cl)Cl)C3=C(C)CC[C@@](O)([C@@H](OC(=O)c4ccccc4)[C@H]21)C3(C)C. The summed E-state index contributed by atoms with van der Waals surface area (Å²) in [5.74, 6) is -5.18. The number of esters is 2. The molecule has 1 aliphatic heterocycles. The smallest absolute Gasteiger partial charge is 0.455 e. The Balaban J connectivity index is 1.87. The molecule has 63 heavy (non-hydrogen) atoms. The minimum Gasteiger partial charge on any atom is -0.455 e. The molecule has 16 nitrogen and oxygen atoms in total. The van der Waals surface area contributed by atoms with E-state index in [2.05, 4.69) is 0 Å². The van der Waals surface area contributed by atoms with Gasteiger partial charge in [0, 0.05) is 18.8 Å². The Bertz CT molecular complexity index is 1980. The van der Waals surface area contributed by atoms with E-state index in [0.29, 0.717) is 5.57 Å². The number of halogens is 9. The maximum Gasteiger partial charge on any atom is 0.509 e. The van der Waals surface area contributed by atoms with Crippen molar-refractivity contribution in [2.75, 3.05) is 33.0 Å². The number of alkyl halides is 9. The first kappa shape index (κ1) is 51.9. The van der Waals surface area contributed by atoms with Crippen molar-refractivity contribution in [1.29, 1.82) is 0 Å². The molecule has 0 radical (unpaired) electrons. The van der Waals surface area contributed by atoms with Gasteiger partial charge in [0.25, 0.3) is 0 Å². The average Bonchev–Trinajstić information content (AvgIpc) is 3.16. The molecule has 1 aromatic rings. The van der Waals surface area contributed by atoms with Gasteiger partial charge in [-0.05, 0) is 37.5 Å². The standard InChI is InChI=1S/C38H39Cl9O16/c1-18-10-11-35(54)27(62-28(50)20-8-6-5-7-9-20)25-33(13-56-29(51)57-15-36(39,40)41,26(49)24(23(18)32(35,3)4)61-31(53)59-17-38(45,46)47)21(60-30(52)58-16-37(42,43)44)12-22-34(25,14-55-22)63-19(2)48/h5-9,21-22,24-25,27,54H,10-17H2,1-4H3/t21-,22+,24+,25-,27-,33+,34-,35+/m0/s1. The molecule has 1 N–H and O–H groups in total. The Kier molecular flexibility index (Phi) is 15.9. The monoisotopic (exact) mass is 1070 g/mol. The van der Waals surface area contributed by atoms with Crippen LogP contribution in [0.15, 0.2) is 41.5 Å². The fourth-order valence-electron chi connectivity index (χ4n) is 8.89. The molecule has 2 bridgehead atoms. The second-order valence-corrected chi connectivity index (χ2v) is 23.3. The predicted octanol–water partition coefficient (Wildman–Crippen LogP) is 8.68. The molecule has 1 aromatic carbocycles. The number of allylic oxidation sites excluding steroid dienone is 1. The molecule has 1 saturated heterocycles. The van der Waals surface area contributed by atoms with Crippen molar-refractivity contribution in [2.45, 2.75) is 94.0 Å². The molecular weight excluding hydrogens is 1030 g/mol. The van der Waals surface area contributed by atoms with E-state index in [1.165, 1.54) is 38.1 Å². The molecule has 4 aliphatic rings. The van der Waals surface area contributed by atoms with Crippen molar-refractivity contribution in [3.8, 4) is 0 Å². The Morgan fingerprint density at radius 2 is 1.33 bits per heavy atom. The normalized spacial score (nSPS) is 30.1. The Morgan fingerprint density at radius 1 is 0.794 bits per heavy atom. The number of Topliss-reactive ketones (excluding diaryl/α,β-unsaturated/α-hetero) is 1. The Labute approximate surface area is 405 Å². The molecule has 5 rings (SSSR count). The van der Waals surface area contributed by atoms with Gasteiger partial charge in [0.1, 0.15) is 55.8 Å². The highest BCUT2D eigenvalue weighted by Gasteiger charge is 2.80. The van der Waals surface area contributed by atoms with E-state index in [1.807, 2.05) is 0 Å². The molecule has 0 spiro atoms. The molecule has 3 aliphatic carbocycles. The highest BCUT2D eigenvalue weighted by molar-refractivity contribution is 6.68. The summed E-state index contributed by atoms with van der Waals surface area (Å²) in [5, 5.41) is 13.5. The van der Waals surface area contributed by atoms with Gasteiger partial charge >= 0.3 is 30.4 Å². The number of hydrogen-bond acceptors (Lipinski definition) is 16. The van der Waals surface area contributed by atoms with Crippen molar-refractivity contribution >= 4 is 141 Å². The molecule has 0 amide bonds. The van der Waals surface area contributed by atoms with Crippen LogP contribution in [0, 0.1) is 16.7 Å². The average molecular weight is 1070 g/mol. The number of carbonyl (C=O) groups is 6. The summed E-state index contributed by atoms with van der Waals surface area (Å²) < 4.78 is 44.4. The van der Waals surface area contributed by atoms with Gasteiger partial charge in [-0.2, -0.15) is 0 Å². The topological polar surface area (TPSA) is 206 Å². The van der Waals surface area contributed by atoms with E-state index in [0.717, 1.165) is 6.92 Å². The number of benzene rings is 1. The first-order valence-corrected chi connectivity index (χ1v) is 22.1. The van der Waals surface area contributed by atoms with Crippen LogP contribution in [-0.2, 0) is 52.2 Å². The highest BCUT2D eigenvalue weighted by Crippen LogP contribution is 2.65. The molecule has 8 atom stereocenters. The maximum atomic E-state index is 16.2. The molecule has 2 saturated carbocycles. The molecule has 3 fully saturated rings. The van der Waals surface area contributed by atoms with Crippen LogP contribution in [-0.4, -0.2) is 121 Å².